The minimum absolute atomic E-state index is 0.489. The summed E-state index contributed by atoms with van der Waals surface area (Å²) in [5.74, 6) is 0.0244. The number of hydrogen-bond acceptors (Lipinski definition) is 2. The Bertz CT molecular complexity index is 404. The smallest absolute Gasteiger partial charge is 0.325 e. The van der Waals surface area contributed by atoms with Crippen molar-refractivity contribution in [3.8, 4) is 0 Å². The van der Waals surface area contributed by atoms with Crippen LogP contribution in [0.25, 0.3) is 0 Å². The lowest BCUT2D eigenvalue weighted by Crippen LogP contribution is -2.35. The molecule has 1 aliphatic heterocycles. The van der Waals surface area contributed by atoms with E-state index in [4.69, 9.17) is 0 Å². The largest absolute Gasteiger partial charge is 0.480 e. The van der Waals surface area contributed by atoms with Crippen LogP contribution in [-0.4, -0.2) is 29.1 Å². The average Bonchev–Trinajstić information content (AvgIpc) is 2.65. The Labute approximate surface area is 115 Å². The molecule has 2 unspecified atom stereocenters. The first kappa shape index (κ1) is 14.1. The maximum absolute atomic E-state index is 11.6. The van der Waals surface area contributed by atoms with Gasteiger partial charge in [-0.25, -0.2) is 0 Å². The molecule has 0 radical (unpaired) electrons. The zero-order valence-corrected chi connectivity index (χ0v) is 11.6. The molecule has 1 heterocycles. The summed E-state index contributed by atoms with van der Waals surface area (Å²) in [4.78, 5) is 13.8. The van der Waals surface area contributed by atoms with Gasteiger partial charge in [0.2, 0.25) is 0 Å². The normalized spacial score (nSPS) is 22.7. The van der Waals surface area contributed by atoms with Gasteiger partial charge in [-0.3, -0.25) is 9.69 Å². The van der Waals surface area contributed by atoms with Gasteiger partial charge in [-0.1, -0.05) is 43.7 Å². The van der Waals surface area contributed by atoms with Gasteiger partial charge in [-0.2, -0.15) is 0 Å². The summed E-state index contributed by atoms with van der Waals surface area (Å²) in [7, 11) is 0. The van der Waals surface area contributed by atoms with Gasteiger partial charge in [0.15, 0.2) is 0 Å². The quantitative estimate of drug-likeness (QED) is 0.903. The first-order valence-corrected chi connectivity index (χ1v) is 7.24. The van der Waals surface area contributed by atoms with Crippen molar-refractivity contribution >= 4 is 5.97 Å². The highest BCUT2D eigenvalue weighted by Crippen LogP contribution is 2.27. The first-order valence-electron chi connectivity index (χ1n) is 7.24. The summed E-state index contributed by atoms with van der Waals surface area (Å²) in [6.45, 7) is 4.01. The Balaban J connectivity index is 2.14. The minimum atomic E-state index is -0.735. The van der Waals surface area contributed by atoms with Gasteiger partial charge in [0.1, 0.15) is 6.04 Å². The van der Waals surface area contributed by atoms with Crippen LogP contribution in [0.3, 0.4) is 0 Å². The SMILES string of the molecule is CCC1CCCN(C(C(=O)O)c2ccccc2)CC1. The molecule has 1 N–H and O–H groups in total. The third-order valence-electron chi connectivity index (χ3n) is 4.17. The van der Waals surface area contributed by atoms with Crippen LogP contribution in [0.1, 0.15) is 44.2 Å². The van der Waals surface area contributed by atoms with Crippen LogP contribution in [0, 0.1) is 5.92 Å². The highest BCUT2D eigenvalue weighted by Gasteiger charge is 2.28. The average molecular weight is 261 g/mol. The predicted octanol–water partition coefficient (Wildman–Crippen LogP) is 3.32. The number of likely N-dealkylation sites (tertiary alicyclic amines) is 1. The van der Waals surface area contributed by atoms with E-state index in [1.54, 1.807) is 0 Å². The van der Waals surface area contributed by atoms with E-state index in [0.717, 1.165) is 37.4 Å². The van der Waals surface area contributed by atoms with Crippen molar-refractivity contribution in [1.82, 2.24) is 4.90 Å². The molecule has 0 bridgehead atoms. The molecule has 0 saturated carbocycles. The number of carboxylic acid groups (broad SMARTS) is 1. The number of aliphatic carboxylic acids is 1. The standard InChI is InChI=1S/C16H23NO2/c1-2-13-7-6-11-17(12-10-13)15(16(18)19)14-8-4-3-5-9-14/h3-5,8-9,13,15H,2,6-7,10-12H2,1H3,(H,18,19). The van der Waals surface area contributed by atoms with Crippen LogP contribution >= 0.6 is 0 Å². The van der Waals surface area contributed by atoms with Crippen LogP contribution in [0.15, 0.2) is 30.3 Å². The van der Waals surface area contributed by atoms with Gasteiger partial charge in [0.05, 0.1) is 0 Å². The summed E-state index contributed by atoms with van der Waals surface area (Å²) >= 11 is 0. The lowest BCUT2D eigenvalue weighted by atomic mass is 9.98. The molecule has 2 rings (SSSR count). The van der Waals surface area contributed by atoms with Crippen molar-refractivity contribution < 1.29 is 9.90 Å². The van der Waals surface area contributed by atoms with Crippen LogP contribution in [0.2, 0.25) is 0 Å². The van der Waals surface area contributed by atoms with Gasteiger partial charge in [-0.05, 0) is 43.8 Å². The summed E-state index contributed by atoms with van der Waals surface area (Å²) in [5.41, 5.74) is 0.893. The molecule has 1 fully saturated rings. The Hall–Kier alpha value is -1.35. The van der Waals surface area contributed by atoms with Crippen LogP contribution in [0.5, 0.6) is 0 Å². The van der Waals surface area contributed by atoms with E-state index >= 15 is 0 Å². The number of carboxylic acids is 1. The van der Waals surface area contributed by atoms with Crippen molar-refractivity contribution in [3.63, 3.8) is 0 Å². The third kappa shape index (κ3) is 3.57. The molecule has 0 aromatic heterocycles. The number of rotatable bonds is 4. The molecule has 104 valence electrons. The maximum Gasteiger partial charge on any atom is 0.325 e. The zero-order chi connectivity index (χ0) is 13.7. The zero-order valence-electron chi connectivity index (χ0n) is 11.6. The van der Waals surface area contributed by atoms with Crippen LogP contribution < -0.4 is 0 Å². The van der Waals surface area contributed by atoms with Crippen LogP contribution in [-0.2, 0) is 4.79 Å². The molecule has 1 saturated heterocycles. The highest BCUT2D eigenvalue weighted by atomic mass is 16.4. The third-order valence-corrected chi connectivity index (χ3v) is 4.17. The lowest BCUT2D eigenvalue weighted by Gasteiger charge is -2.27. The van der Waals surface area contributed by atoms with Crippen molar-refractivity contribution in [1.29, 1.82) is 0 Å². The van der Waals surface area contributed by atoms with E-state index < -0.39 is 12.0 Å². The fourth-order valence-electron chi connectivity index (χ4n) is 3.00. The monoisotopic (exact) mass is 261 g/mol. The van der Waals surface area contributed by atoms with Gasteiger partial charge in [0, 0.05) is 0 Å². The molecular formula is C16H23NO2. The highest BCUT2D eigenvalue weighted by molar-refractivity contribution is 5.75. The molecule has 2 atom stereocenters. The number of benzene rings is 1. The molecule has 1 aromatic rings. The van der Waals surface area contributed by atoms with Crippen molar-refractivity contribution in [3.05, 3.63) is 35.9 Å². The Morgan fingerprint density at radius 1 is 1.32 bits per heavy atom. The van der Waals surface area contributed by atoms with Crippen LogP contribution in [0.4, 0.5) is 0 Å². The fourth-order valence-corrected chi connectivity index (χ4v) is 3.00. The van der Waals surface area contributed by atoms with Crippen molar-refractivity contribution in [2.45, 2.75) is 38.6 Å². The van der Waals surface area contributed by atoms with Crippen molar-refractivity contribution in [2.75, 3.05) is 13.1 Å². The van der Waals surface area contributed by atoms with Gasteiger partial charge in [0.25, 0.3) is 0 Å². The molecule has 19 heavy (non-hydrogen) atoms. The van der Waals surface area contributed by atoms with Gasteiger partial charge < -0.3 is 5.11 Å². The minimum Gasteiger partial charge on any atom is -0.480 e. The summed E-state index contributed by atoms with van der Waals surface area (Å²) in [5, 5.41) is 9.55. The molecule has 0 aliphatic carbocycles. The second-order valence-corrected chi connectivity index (χ2v) is 5.39. The van der Waals surface area contributed by atoms with E-state index in [-0.39, 0.29) is 0 Å². The second kappa shape index (κ2) is 6.71. The molecule has 3 nitrogen and oxygen atoms in total. The molecule has 1 aliphatic rings. The summed E-state index contributed by atoms with van der Waals surface area (Å²) in [6.07, 6.45) is 4.66. The Kier molecular flexibility index (Phi) is 4.97. The first-order chi connectivity index (χ1) is 9.22. The second-order valence-electron chi connectivity index (χ2n) is 5.39. The van der Waals surface area contributed by atoms with E-state index in [0.29, 0.717) is 0 Å². The van der Waals surface area contributed by atoms with E-state index in [1.165, 1.54) is 12.8 Å². The maximum atomic E-state index is 11.6. The van der Waals surface area contributed by atoms with E-state index in [2.05, 4.69) is 11.8 Å². The molecule has 3 heteroatoms. The predicted molar refractivity (Wildman–Crippen MR) is 76.0 cm³/mol. The van der Waals surface area contributed by atoms with E-state index in [1.807, 2.05) is 30.3 Å². The molecule has 0 spiro atoms. The van der Waals surface area contributed by atoms with Gasteiger partial charge >= 0.3 is 5.97 Å². The number of hydrogen-bond donors (Lipinski definition) is 1. The topological polar surface area (TPSA) is 40.5 Å². The molecular weight excluding hydrogens is 238 g/mol. The summed E-state index contributed by atoms with van der Waals surface area (Å²) in [6, 6.07) is 9.10. The van der Waals surface area contributed by atoms with E-state index in [9.17, 15) is 9.90 Å². The van der Waals surface area contributed by atoms with Crippen molar-refractivity contribution in [2.24, 2.45) is 5.92 Å². The fraction of sp³-hybridized carbons (Fsp3) is 0.562. The van der Waals surface area contributed by atoms with Gasteiger partial charge in [-0.15, -0.1) is 0 Å². The summed E-state index contributed by atoms with van der Waals surface area (Å²) < 4.78 is 0. The number of nitrogens with zero attached hydrogens (tertiary/aromatic N) is 1. The lowest BCUT2D eigenvalue weighted by molar-refractivity contribution is -0.143. The Morgan fingerprint density at radius 2 is 2.05 bits per heavy atom. The molecule has 0 amide bonds. The number of carbonyl (C=O) groups is 1. The molecule has 1 aromatic carbocycles. The Morgan fingerprint density at radius 3 is 2.68 bits per heavy atom.